The molecule has 1 aromatic rings. The number of non-ortho nitro benzene ring substituents is 1. The molecule has 34 nitrogen and oxygen atoms in total. The van der Waals surface area contributed by atoms with Gasteiger partial charge in [-0.1, -0.05) is 40.5 Å². The number of amides is 10. The highest BCUT2D eigenvalue weighted by molar-refractivity contribution is 7.98. The van der Waals surface area contributed by atoms with E-state index in [0.29, 0.717) is 38.0 Å². The average molecular weight is 1310 g/mol. The summed E-state index contributed by atoms with van der Waals surface area (Å²) in [7, 11) is 0. The van der Waals surface area contributed by atoms with E-state index in [1.165, 1.54) is 56.8 Å². The molecule has 0 saturated carbocycles. The van der Waals surface area contributed by atoms with Gasteiger partial charge in [0.25, 0.3) is 5.69 Å². The molecule has 512 valence electrons. The van der Waals surface area contributed by atoms with Crippen LogP contribution in [0.1, 0.15) is 125 Å². The normalized spacial score (nSPS) is 15.1. The second-order valence-corrected chi connectivity index (χ2v) is 22.9. The molecule has 91 heavy (non-hydrogen) atoms. The molecule has 0 radical (unpaired) electrons. The molecule has 0 spiro atoms. The third kappa shape index (κ3) is 30.5. The lowest BCUT2D eigenvalue weighted by molar-refractivity contribution is -0.384. The molecule has 0 heterocycles. The van der Waals surface area contributed by atoms with Crippen LogP contribution in [0.4, 0.5) is 11.4 Å². The van der Waals surface area contributed by atoms with Gasteiger partial charge in [-0.15, -0.1) is 0 Å². The first-order valence-electron chi connectivity index (χ1n) is 29.7. The fraction of sp³-hybridized carbons (Fsp3) is 0.661. The summed E-state index contributed by atoms with van der Waals surface area (Å²) < 4.78 is 0. The Hall–Kier alpha value is -8.12. The van der Waals surface area contributed by atoms with Crippen LogP contribution < -0.4 is 70.4 Å². The van der Waals surface area contributed by atoms with E-state index < -0.39 is 205 Å². The minimum absolute atomic E-state index is 0.00371. The number of carbonyl (C=O) groups excluding carboxylic acids is 10. The van der Waals surface area contributed by atoms with Gasteiger partial charge >= 0.3 is 17.9 Å². The van der Waals surface area contributed by atoms with E-state index in [2.05, 4.69) is 53.2 Å². The number of aliphatic hydroxyl groups excluding tert-OH is 2. The van der Waals surface area contributed by atoms with Crippen molar-refractivity contribution in [3.63, 3.8) is 0 Å². The number of nitrogens with zero attached hydrogens (tertiary/aromatic N) is 1. The quantitative estimate of drug-likeness (QED) is 0.0175. The zero-order chi connectivity index (χ0) is 69.1. The highest BCUT2D eigenvalue weighted by Gasteiger charge is 2.38. The number of thioether (sulfide) groups is 1. The number of aliphatic carboxylic acids is 3. The summed E-state index contributed by atoms with van der Waals surface area (Å²) in [6.45, 7) is 6.62. The number of anilines is 1. The Kier molecular flexibility index (Phi) is 38.0. The number of nitrogens with two attached hydrogens (primary N) is 3. The minimum Gasteiger partial charge on any atom is -0.481 e. The summed E-state index contributed by atoms with van der Waals surface area (Å²) in [6, 6.07) is -10.8. The molecule has 0 fully saturated rings. The molecule has 0 aliphatic rings. The zero-order valence-corrected chi connectivity index (χ0v) is 52.8. The first kappa shape index (κ1) is 80.9. The molecule has 10 amide bonds. The van der Waals surface area contributed by atoms with Gasteiger partial charge in [0.05, 0.1) is 23.7 Å². The number of hydrogen-bond acceptors (Lipinski definition) is 21. The summed E-state index contributed by atoms with van der Waals surface area (Å²) in [5, 5.41) is 84.8. The summed E-state index contributed by atoms with van der Waals surface area (Å²) in [5.74, 6) is -15.9. The van der Waals surface area contributed by atoms with Crippen molar-refractivity contribution in [1.82, 2.24) is 47.9 Å². The van der Waals surface area contributed by atoms with Gasteiger partial charge in [-0.05, 0) is 114 Å². The van der Waals surface area contributed by atoms with Crippen LogP contribution in [-0.4, -0.2) is 206 Å². The van der Waals surface area contributed by atoms with E-state index in [9.17, 15) is 98.0 Å². The smallest absolute Gasteiger partial charge is 0.303 e. The first-order chi connectivity index (χ1) is 42.8. The number of hydrogen-bond donors (Lipinski definition) is 18. The number of carboxylic acids is 3. The highest BCUT2D eigenvalue weighted by atomic mass is 32.2. The van der Waals surface area contributed by atoms with Gasteiger partial charge in [0.15, 0.2) is 0 Å². The monoisotopic (exact) mass is 1310 g/mol. The number of aliphatic hydroxyl groups is 2. The predicted molar refractivity (Wildman–Crippen MR) is 330 cm³/mol. The number of carbonyl (C=O) groups is 13. The maximum atomic E-state index is 14.1. The van der Waals surface area contributed by atoms with Gasteiger partial charge in [-0.3, -0.25) is 72.4 Å². The number of nitro benzene ring substituents is 1. The second kappa shape index (κ2) is 42.8. The molecule has 0 aromatic heterocycles. The fourth-order valence-electron chi connectivity index (χ4n) is 8.62. The van der Waals surface area contributed by atoms with Gasteiger partial charge in [0.2, 0.25) is 59.1 Å². The van der Waals surface area contributed by atoms with Crippen LogP contribution >= 0.6 is 11.8 Å². The van der Waals surface area contributed by atoms with Crippen LogP contribution in [-0.2, 0) is 62.3 Å². The molecule has 21 N–H and O–H groups in total. The summed E-state index contributed by atoms with van der Waals surface area (Å²) >= 11 is 1.37. The molecule has 0 unspecified atom stereocenters. The summed E-state index contributed by atoms with van der Waals surface area (Å²) in [6.07, 6.45) is -1.87. The molecule has 1 aromatic carbocycles. The minimum atomic E-state index is -1.94. The number of carboxylic acid groups (broad SMARTS) is 3. The van der Waals surface area contributed by atoms with Crippen molar-refractivity contribution in [1.29, 1.82) is 0 Å². The third-order valence-electron chi connectivity index (χ3n) is 14.2. The first-order valence-corrected chi connectivity index (χ1v) is 31.1. The Morgan fingerprint density at radius 2 is 0.879 bits per heavy atom. The number of rotatable bonds is 46. The van der Waals surface area contributed by atoms with E-state index in [1.54, 1.807) is 13.2 Å². The van der Waals surface area contributed by atoms with Crippen molar-refractivity contribution in [2.24, 2.45) is 29.0 Å². The van der Waals surface area contributed by atoms with Crippen LogP contribution in [0, 0.1) is 22.0 Å². The molecule has 0 aliphatic carbocycles. The largest absolute Gasteiger partial charge is 0.481 e. The van der Waals surface area contributed by atoms with Crippen molar-refractivity contribution in [3.05, 3.63) is 34.4 Å². The van der Waals surface area contributed by atoms with Gasteiger partial charge in [-0.25, -0.2) is 0 Å². The second-order valence-electron chi connectivity index (χ2n) is 21.9. The molecular weight excluding hydrogens is 1220 g/mol. The van der Waals surface area contributed by atoms with Crippen LogP contribution in [0.15, 0.2) is 24.3 Å². The lowest BCUT2D eigenvalue weighted by atomic mass is 9.97. The predicted octanol–water partition coefficient (Wildman–Crippen LogP) is -3.10. The number of benzene rings is 1. The van der Waals surface area contributed by atoms with Crippen molar-refractivity contribution in [2.45, 2.75) is 191 Å². The van der Waals surface area contributed by atoms with E-state index in [1.807, 2.05) is 0 Å². The SMILES string of the molecule is CC[C@H](C)[C@H](NC(=O)[C@H](CCC(=O)O)NC(=O)[C@H](CCC(=O)O)NC(=O)[C@@H](NC(=O)[C@@H](N)CCCCN)[C@@H](C)O)C(=O)N[C@@H](CO)C(=O)N[C@@H](CCC(=O)O)C(=O)N[C@H](C(=O)N[C@@H](CCCCN)C(=O)N[C@@H](CCSC)C(=O)Nc1ccc([N+](=O)[O-])cc1)C(C)C. The van der Waals surface area contributed by atoms with Gasteiger partial charge < -0.3 is 95.9 Å². The van der Waals surface area contributed by atoms with E-state index >= 15 is 0 Å². The Balaban J connectivity index is 3.50. The van der Waals surface area contributed by atoms with Crippen molar-refractivity contribution >= 4 is 100 Å². The Morgan fingerprint density at radius 1 is 0.505 bits per heavy atom. The van der Waals surface area contributed by atoms with Gasteiger partial charge in [0.1, 0.15) is 54.4 Å². The van der Waals surface area contributed by atoms with Crippen molar-refractivity contribution in [2.75, 3.05) is 37.0 Å². The number of unbranched alkanes of at least 4 members (excludes halogenated alkanes) is 2. The van der Waals surface area contributed by atoms with Crippen LogP contribution in [0.25, 0.3) is 0 Å². The molecule has 1 rings (SSSR count). The lowest BCUT2D eigenvalue weighted by Crippen LogP contribution is -2.62. The molecule has 0 aliphatic heterocycles. The maximum absolute atomic E-state index is 14.1. The van der Waals surface area contributed by atoms with Crippen molar-refractivity contribution in [3.8, 4) is 0 Å². The molecule has 0 saturated heterocycles. The zero-order valence-electron chi connectivity index (χ0n) is 52.0. The summed E-state index contributed by atoms with van der Waals surface area (Å²) in [4.78, 5) is 184. The van der Waals surface area contributed by atoms with Crippen LogP contribution in [0.5, 0.6) is 0 Å². The van der Waals surface area contributed by atoms with Gasteiger partial charge in [-0.2, -0.15) is 11.8 Å². The standard InChI is InChI=1S/C56H92N14O20S/c1-7-30(4)45(68-52(84)38(20-23-43(77)78)61-50(82)36(18-21-41(73)74)65-56(88)46(31(5)72)69-47(79)34(59)12-8-10-25-57)55(87)66-40(28-71)53(85)62-37(19-22-42(75)76)51(83)67-44(29(2)3)54(86)64-35(13-9-11-26-58)49(81)63-39(24-27-91-6)48(80)60-32-14-16-33(17-15-32)70(89)90/h14-17,29-31,34-40,44-46,71-72H,7-13,18-28,57-59H2,1-6H3,(H,60,80)(H,61,82)(H,62,85)(H,63,81)(H,64,86)(H,65,88)(H,66,87)(H,67,83)(H,68,84)(H,69,79)(H,73,74)(H,75,76)(H,77,78)/t30-,31+,34-,35-,36-,37-,38-,39-,40-,44-,45-,46-/m0/s1. The highest BCUT2D eigenvalue weighted by Crippen LogP contribution is 2.18. The van der Waals surface area contributed by atoms with Gasteiger partial charge in [0, 0.05) is 37.1 Å². The number of nitrogens with one attached hydrogen (secondary N) is 10. The van der Waals surface area contributed by atoms with Crippen LogP contribution in [0.3, 0.4) is 0 Å². The van der Waals surface area contributed by atoms with E-state index in [0.717, 1.165) is 6.92 Å². The van der Waals surface area contributed by atoms with Crippen LogP contribution in [0.2, 0.25) is 0 Å². The molecule has 12 atom stereocenters. The van der Waals surface area contributed by atoms with E-state index in [4.69, 9.17) is 17.2 Å². The Labute approximate surface area is 530 Å². The molecule has 0 bridgehead atoms. The molecule has 35 heteroatoms. The Morgan fingerprint density at radius 3 is 1.29 bits per heavy atom. The topological polar surface area (TPSA) is 565 Å². The average Bonchev–Trinajstić information content (AvgIpc) is 1.35. The maximum Gasteiger partial charge on any atom is 0.303 e. The molecular formula is C56H92N14O20S. The van der Waals surface area contributed by atoms with E-state index in [-0.39, 0.29) is 43.6 Å². The lowest BCUT2D eigenvalue weighted by Gasteiger charge is -2.30. The number of nitro groups is 1. The fourth-order valence-corrected chi connectivity index (χ4v) is 9.09. The van der Waals surface area contributed by atoms with Crippen molar-refractivity contribution < 1.29 is 92.8 Å². The third-order valence-corrected chi connectivity index (χ3v) is 14.9. The Bertz CT molecular complexity index is 2620. The summed E-state index contributed by atoms with van der Waals surface area (Å²) in [5.41, 5.74) is 17.1.